The van der Waals surface area contributed by atoms with Crippen LogP contribution >= 0.6 is 0 Å². The van der Waals surface area contributed by atoms with E-state index in [4.69, 9.17) is 0 Å². The first-order valence-electron chi connectivity index (χ1n) is 6.81. The van der Waals surface area contributed by atoms with Crippen molar-refractivity contribution in [3.05, 3.63) is 53.7 Å². The van der Waals surface area contributed by atoms with Gasteiger partial charge in [-0.05, 0) is 25.5 Å². The Hall–Kier alpha value is -2.36. The van der Waals surface area contributed by atoms with Gasteiger partial charge in [0.2, 0.25) is 0 Å². The van der Waals surface area contributed by atoms with E-state index in [9.17, 15) is 4.79 Å². The molecule has 0 fully saturated rings. The number of anilines is 1. The maximum absolute atomic E-state index is 11.4. The zero-order chi connectivity index (χ0) is 13.9. The number of nitrogens with zero attached hydrogens (tertiary/aromatic N) is 3. The molecule has 2 heterocycles. The molecule has 102 valence electrons. The van der Waals surface area contributed by atoms with E-state index < -0.39 is 0 Å². The molecule has 0 amide bonds. The molecule has 0 N–H and O–H groups in total. The van der Waals surface area contributed by atoms with E-state index in [1.54, 1.807) is 0 Å². The van der Waals surface area contributed by atoms with Crippen molar-refractivity contribution in [3.8, 4) is 5.69 Å². The van der Waals surface area contributed by atoms with Crippen molar-refractivity contribution in [3.63, 3.8) is 0 Å². The lowest BCUT2D eigenvalue weighted by molar-refractivity contribution is 0.112. The predicted molar refractivity (Wildman–Crippen MR) is 79.7 cm³/mol. The fourth-order valence-corrected chi connectivity index (χ4v) is 2.55. The molecule has 2 aromatic rings. The molecule has 3 rings (SSSR count). The van der Waals surface area contributed by atoms with Crippen LogP contribution in [0.3, 0.4) is 0 Å². The molecule has 1 aliphatic rings. The number of aldehydes is 1. The number of aromatic nitrogens is 2. The van der Waals surface area contributed by atoms with Crippen LogP contribution in [0.2, 0.25) is 0 Å². The van der Waals surface area contributed by atoms with Gasteiger partial charge >= 0.3 is 0 Å². The first-order valence-corrected chi connectivity index (χ1v) is 6.81. The van der Waals surface area contributed by atoms with Gasteiger partial charge in [-0.3, -0.25) is 4.79 Å². The summed E-state index contributed by atoms with van der Waals surface area (Å²) >= 11 is 0. The lowest BCUT2D eigenvalue weighted by Gasteiger charge is -2.26. The molecule has 0 aliphatic carbocycles. The Kier molecular flexibility index (Phi) is 3.37. The fourth-order valence-electron chi connectivity index (χ4n) is 2.55. The van der Waals surface area contributed by atoms with Crippen molar-refractivity contribution in [2.24, 2.45) is 0 Å². The first-order chi connectivity index (χ1) is 9.81. The van der Waals surface area contributed by atoms with E-state index in [2.05, 4.69) is 22.2 Å². The van der Waals surface area contributed by atoms with E-state index in [0.717, 1.165) is 43.0 Å². The van der Waals surface area contributed by atoms with Crippen molar-refractivity contribution in [2.75, 3.05) is 18.0 Å². The molecule has 0 radical (unpaired) electrons. The minimum atomic E-state index is 0.684. The zero-order valence-electron chi connectivity index (χ0n) is 11.5. The summed E-state index contributed by atoms with van der Waals surface area (Å²) in [5.74, 6) is 0.896. The Balaban J connectivity index is 2.14. The maximum atomic E-state index is 11.4. The third-order valence-corrected chi connectivity index (χ3v) is 3.56. The predicted octanol–water partition coefficient (Wildman–Crippen LogP) is 2.76. The van der Waals surface area contributed by atoms with Gasteiger partial charge in [0, 0.05) is 13.1 Å². The van der Waals surface area contributed by atoms with E-state index >= 15 is 0 Å². The summed E-state index contributed by atoms with van der Waals surface area (Å²) in [7, 11) is 0. The normalized spacial score (nSPS) is 14.6. The third kappa shape index (κ3) is 2.13. The average Bonchev–Trinajstić information content (AvgIpc) is 2.85. The molecule has 0 bridgehead atoms. The largest absolute Gasteiger partial charge is 0.352 e. The molecule has 0 saturated heterocycles. The standard InChI is InChI=1S/C16H17N3O/c1-13-15(12-20)16(18-10-6-3-7-11-18)19(17-13)14-8-4-2-5-9-14/h2-6,8-9,12H,7,10-11H2,1H3. The molecular formula is C16H17N3O. The second-order valence-corrected chi connectivity index (χ2v) is 4.89. The molecule has 4 nitrogen and oxygen atoms in total. The van der Waals surface area contributed by atoms with E-state index in [0.29, 0.717) is 5.56 Å². The van der Waals surface area contributed by atoms with Gasteiger partial charge in [0.15, 0.2) is 6.29 Å². The molecule has 0 atom stereocenters. The summed E-state index contributed by atoms with van der Waals surface area (Å²) in [6.07, 6.45) is 6.22. The molecular weight excluding hydrogens is 250 g/mol. The second-order valence-electron chi connectivity index (χ2n) is 4.89. The summed E-state index contributed by atoms with van der Waals surface area (Å²) in [5, 5.41) is 4.55. The monoisotopic (exact) mass is 267 g/mol. The van der Waals surface area contributed by atoms with Crippen LogP contribution in [0.1, 0.15) is 22.5 Å². The summed E-state index contributed by atoms with van der Waals surface area (Å²) < 4.78 is 1.87. The minimum Gasteiger partial charge on any atom is -0.352 e. The molecule has 0 unspecified atom stereocenters. The Bertz CT molecular complexity index is 643. The lowest BCUT2D eigenvalue weighted by Crippen LogP contribution is -2.29. The van der Waals surface area contributed by atoms with Crippen molar-refractivity contribution in [1.82, 2.24) is 9.78 Å². The lowest BCUT2D eigenvalue weighted by atomic mass is 10.2. The van der Waals surface area contributed by atoms with Gasteiger partial charge in [0.05, 0.1) is 16.9 Å². The molecule has 4 heteroatoms. The van der Waals surface area contributed by atoms with Crippen LogP contribution in [0.4, 0.5) is 5.82 Å². The van der Waals surface area contributed by atoms with E-state index in [1.165, 1.54) is 0 Å². The zero-order valence-corrected chi connectivity index (χ0v) is 11.5. The van der Waals surface area contributed by atoms with Crippen molar-refractivity contribution >= 4 is 12.1 Å². The molecule has 1 aliphatic heterocycles. The first kappa shape index (κ1) is 12.7. The number of para-hydroxylation sites is 1. The van der Waals surface area contributed by atoms with Gasteiger partial charge in [-0.15, -0.1) is 0 Å². The maximum Gasteiger partial charge on any atom is 0.155 e. The Labute approximate surface area is 118 Å². The molecule has 20 heavy (non-hydrogen) atoms. The SMILES string of the molecule is Cc1nn(-c2ccccc2)c(N2CC=CCC2)c1C=O. The van der Waals surface area contributed by atoms with Gasteiger partial charge in [0.1, 0.15) is 5.82 Å². The van der Waals surface area contributed by atoms with Crippen LogP contribution in [0.5, 0.6) is 0 Å². The van der Waals surface area contributed by atoms with Gasteiger partial charge in [-0.1, -0.05) is 30.4 Å². The highest BCUT2D eigenvalue weighted by Gasteiger charge is 2.21. The highest BCUT2D eigenvalue weighted by molar-refractivity contribution is 5.85. The van der Waals surface area contributed by atoms with Gasteiger partial charge < -0.3 is 4.90 Å². The number of carbonyl (C=O) groups excluding carboxylic acids is 1. The summed E-state index contributed by atoms with van der Waals surface area (Å²) in [6.45, 7) is 3.61. The molecule has 1 aromatic heterocycles. The Morgan fingerprint density at radius 2 is 2.00 bits per heavy atom. The highest BCUT2D eigenvalue weighted by atomic mass is 16.1. The third-order valence-electron chi connectivity index (χ3n) is 3.56. The number of carbonyl (C=O) groups is 1. The number of hydrogen-bond donors (Lipinski definition) is 0. The van der Waals surface area contributed by atoms with Crippen LogP contribution in [0, 0.1) is 6.92 Å². The summed E-state index contributed by atoms with van der Waals surface area (Å²) in [5.41, 5.74) is 2.44. The van der Waals surface area contributed by atoms with Crippen molar-refractivity contribution in [2.45, 2.75) is 13.3 Å². The van der Waals surface area contributed by atoms with E-state index in [1.807, 2.05) is 41.9 Å². The van der Waals surface area contributed by atoms with Gasteiger partial charge in [-0.25, -0.2) is 4.68 Å². The van der Waals surface area contributed by atoms with Crippen LogP contribution in [-0.2, 0) is 0 Å². The van der Waals surface area contributed by atoms with Crippen LogP contribution < -0.4 is 4.90 Å². The Morgan fingerprint density at radius 1 is 1.20 bits per heavy atom. The number of aryl methyl sites for hydroxylation is 1. The molecule has 0 spiro atoms. The van der Waals surface area contributed by atoms with Crippen molar-refractivity contribution < 1.29 is 4.79 Å². The van der Waals surface area contributed by atoms with Crippen LogP contribution in [0.15, 0.2) is 42.5 Å². The van der Waals surface area contributed by atoms with Crippen LogP contribution in [0.25, 0.3) is 5.69 Å². The van der Waals surface area contributed by atoms with Crippen LogP contribution in [-0.4, -0.2) is 29.2 Å². The average molecular weight is 267 g/mol. The molecule has 0 saturated carbocycles. The highest BCUT2D eigenvalue weighted by Crippen LogP contribution is 2.27. The summed E-state index contributed by atoms with van der Waals surface area (Å²) in [4.78, 5) is 13.6. The number of benzene rings is 1. The van der Waals surface area contributed by atoms with Gasteiger partial charge in [-0.2, -0.15) is 5.10 Å². The fraction of sp³-hybridized carbons (Fsp3) is 0.250. The number of rotatable bonds is 3. The van der Waals surface area contributed by atoms with Gasteiger partial charge in [0.25, 0.3) is 0 Å². The topological polar surface area (TPSA) is 38.1 Å². The smallest absolute Gasteiger partial charge is 0.155 e. The number of hydrogen-bond acceptors (Lipinski definition) is 3. The summed E-state index contributed by atoms with van der Waals surface area (Å²) in [6, 6.07) is 9.94. The Morgan fingerprint density at radius 3 is 2.65 bits per heavy atom. The molecule has 1 aromatic carbocycles. The van der Waals surface area contributed by atoms with E-state index in [-0.39, 0.29) is 0 Å². The quantitative estimate of drug-likeness (QED) is 0.634. The van der Waals surface area contributed by atoms with Crippen molar-refractivity contribution in [1.29, 1.82) is 0 Å². The minimum absolute atomic E-state index is 0.684. The second kappa shape index (κ2) is 5.33.